The molecule has 1 amide bonds. The van der Waals surface area contributed by atoms with E-state index in [-0.39, 0.29) is 53.9 Å². The lowest BCUT2D eigenvalue weighted by Gasteiger charge is -2.39. The van der Waals surface area contributed by atoms with E-state index in [1.807, 2.05) is 39.8 Å². The topological polar surface area (TPSA) is 124 Å². The highest BCUT2D eigenvalue weighted by molar-refractivity contribution is 5.92. The Morgan fingerprint density at radius 3 is 2.56 bits per heavy atom. The monoisotopic (exact) mass is 569 g/mol. The third kappa shape index (κ3) is 9.76. The molecule has 8 heteroatoms. The van der Waals surface area contributed by atoms with E-state index in [2.05, 4.69) is 23.3 Å². The first-order valence-electron chi connectivity index (χ1n) is 15.3. The maximum absolute atomic E-state index is 12.5. The van der Waals surface area contributed by atoms with Gasteiger partial charge in [-0.2, -0.15) is 0 Å². The van der Waals surface area contributed by atoms with Gasteiger partial charge in [0.15, 0.2) is 0 Å². The number of nitrogens with one attached hydrogen (secondary N) is 2. The number of hydrogen-bond donors (Lipinski definition) is 4. The molecule has 3 fully saturated rings. The molecule has 1 saturated carbocycles. The SMILES string of the molecule is CC=NC(=N)C(C)/C=C\C(=O)NC1CC(C)C(C/C=C(C)/C=C/C2O[C@H](CC(O)=C3CCC3)CC(C)[C@@H]2O)OC1C. The van der Waals surface area contributed by atoms with Gasteiger partial charge in [0.25, 0.3) is 0 Å². The number of rotatable bonds is 10. The van der Waals surface area contributed by atoms with Crippen LogP contribution in [0, 0.1) is 23.2 Å². The van der Waals surface area contributed by atoms with E-state index in [1.54, 1.807) is 19.2 Å². The number of aliphatic hydroxyl groups excluding tert-OH is 2. The van der Waals surface area contributed by atoms with Gasteiger partial charge in [0, 0.05) is 18.6 Å². The first-order valence-corrected chi connectivity index (χ1v) is 15.3. The molecule has 2 heterocycles. The maximum Gasteiger partial charge on any atom is 0.243 e. The maximum atomic E-state index is 12.5. The molecule has 0 aromatic carbocycles. The lowest BCUT2D eigenvalue weighted by molar-refractivity contribution is -0.123. The Balaban J connectivity index is 1.49. The molecule has 8 nitrogen and oxygen atoms in total. The van der Waals surface area contributed by atoms with Crippen molar-refractivity contribution in [1.82, 2.24) is 5.32 Å². The third-order valence-corrected chi connectivity index (χ3v) is 8.69. The zero-order chi connectivity index (χ0) is 30.1. The van der Waals surface area contributed by atoms with Gasteiger partial charge in [0.2, 0.25) is 5.91 Å². The molecule has 1 aliphatic carbocycles. The average Bonchev–Trinajstić information content (AvgIpc) is 2.88. The normalized spacial score (nSPS) is 33.7. The summed E-state index contributed by atoms with van der Waals surface area (Å²) in [7, 11) is 0. The summed E-state index contributed by atoms with van der Waals surface area (Å²) in [6, 6.07) is -0.0777. The number of hydrogen-bond acceptors (Lipinski definition) is 6. The standard InChI is InChI=1S/C33H51N3O5/c1-7-35-33(34)21(3)13-16-31(38)36-27-18-22(4)29(40-24(27)6)14-11-20(2)12-15-30-32(39)23(5)17-26(41-30)19-28(37)25-9-8-10-25/h7,11-13,15-16,21-24,26-27,29-30,32,34,37,39H,8-10,14,17-19H2,1-6H3,(H,36,38)/b15-12+,16-13-,20-11+,34-33?,35-7?/t21?,22?,23?,24?,26-,27?,29?,30?,32-/m0/s1. The minimum atomic E-state index is -0.571. The van der Waals surface area contributed by atoms with Crippen LogP contribution < -0.4 is 5.32 Å². The lowest BCUT2D eigenvalue weighted by atomic mass is 9.86. The van der Waals surface area contributed by atoms with Gasteiger partial charge in [-0.3, -0.25) is 10.2 Å². The summed E-state index contributed by atoms with van der Waals surface area (Å²) in [5.41, 5.74) is 2.23. The molecule has 41 heavy (non-hydrogen) atoms. The fraction of sp³-hybridized carbons (Fsp3) is 0.667. The summed E-state index contributed by atoms with van der Waals surface area (Å²) in [5.74, 6) is 0.647. The van der Waals surface area contributed by atoms with E-state index >= 15 is 0 Å². The number of aliphatic imine (C=N–C) groups is 1. The molecule has 2 aliphatic heterocycles. The minimum absolute atomic E-state index is 0.0490. The van der Waals surface area contributed by atoms with Crippen molar-refractivity contribution in [2.45, 2.75) is 123 Å². The minimum Gasteiger partial charge on any atom is -0.512 e. The van der Waals surface area contributed by atoms with Crippen molar-refractivity contribution in [3.63, 3.8) is 0 Å². The molecule has 4 N–H and O–H groups in total. The van der Waals surface area contributed by atoms with Crippen LogP contribution >= 0.6 is 0 Å². The molecular formula is C33H51N3O5. The summed E-state index contributed by atoms with van der Waals surface area (Å²) >= 11 is 0. The predicted octanol–water partition coefficient (Wildman–Crippen LogP) is 5.98. The van der Waals surface area contributed by atoms with Gasteiger partial charge in [0.1, 0.15) is 11.9 Å². The second kappa shape index (κ2) is 15.6. The number of nitrogens with zero attached hydrogens (tertiary/aromatic N) is 1. The van der Waals surface area contributed by atoms with Crippen molar-refractivity contribution in [3.8, 4) is 0 Å². The molecule has 7 unspecified atom stereocenters. The Morgan fingerprint density at radius 1 is 1.17 bits per heavy atom. The van der Waals surface area contributed by atoms with Crippen LogP contribution in [0.3, 0.4) is 0 Å². The second-order valence-electron chi connectivity index (χ2n) is 12.2. The van der Waals surface area contributed by atoms with Crippen LogP contribution in [0.15, 0.2) is 52.3 Å². The molecule has 228 valence electrons. The Bertz CT molecular complexity index is 1060. The zero-order valence-corrected chi connectivity index (χ0v) is 25.7. The highest BCUT2D eigenvalue weighted by Gasteiger charge is 2.35. The molecule has 0 aromatic rings. The van der Waals surface area contributed by atoms with Crippen LogP contribution in [0.4, 0.5) is 0 Å². The van der Waals surface area contributed by atoms with Crippen LogP contribution in [0.2, 0.25) is 0 Å². The Hall–Kier alpha value is -2.55. The Morgan fingerprint density at radius 2 is 1.90 bits per heavy atom. The van der Waals surface area contributed by atoms with Gasteiger partial charge in [-0.25, -0.2) is 4.99 Å². The van der Waals surface area contributed by atoms with E-state index in [9.17, 15) is 15.0 Å². The van der Waals surface area contributed by atoms with E-state index < -0.39 is 12.2 Å². The highest BCUT2D eigenvalue weighted by Crippen LogP contribution is 2.34. The van der Waals surface area contributed by atoms with Crippen molar-refractivity contribution >= 4 is 18.0 Å². The average molecular weight is 570 g/mol. The molecule has 0 radical (unpaired) electrons. The quantitative estimate of drug-likeness (QED) is 0.0847. The van der Waals surface area contributed by atoms with Gasteiger partial charge < -0.3 is 25.0 Å². The second-order valence-corrected chi connectivity index (χ2v) is 12.2. The summed E-state index contributed by atoms with van der Waals surface area (Å²) in [6.45, 7) is 11.8. The molecular weight excluding hydrogens is 518 g/mol. The third-order valence-electron chi connectivity index (χ3n) is 8.69. The van der Waals surface area contributed by atoms with E-state index in [0.29, 0.717) is 12.2 Å². The van der Waals surface area contributed by atoms with E-state index in [1.165, 1.54) is 6.08 Å². The molecule has 3 aliphatic rings. The van der Waals surface area contributed by atoms with Crippen molar-refractivity contribution < 1.29 is 24.5 Å². The zero-order valence-electron chi connectivity index (χ0n) is 25.7. The van der Waals surface area contributed by atoms with Gasteiger partial charge in [0.05, 0.1) is 36.2 Å². The molecule has 0 bridgehead atoms. The Labute approximate surface area is 246 Å². The number of amides is 1. The number of aliphatic hydroxyl groups is 2. The van der Waals surface area contributed by atoms with Crippen LogP contribution in [-0.2, 0) is 14.3 Å². The first kappa shape index (κ1) is 33.0. The molecule has 3 rings (SSSR count). The highest BCUT2D eigenvalue weighted by atomic mass is 16.5. The smallest absolute Gasteiger partial charge is 0.243 e. The summed E-state index contributed by atoms with van der Waals surface area (Å²) in [5, 5.41) is 32.0. The predicted molar refractivity (Wildman–Crippen MR) is 164 cm³/mol. The number of allylic oxidation sites excluding steroid dienone is 3. The first-order chi connectivity index (χ1) is 19.5. The van der Waals surface area contributed by atoms with Crippen molar-refractivity contribution in [2.75, 3.05) is 0 Å². The van der Waals surface area contributed by atoms with Gasteiger partial charge >= 0.3 is 0 Å². The summed E-state index contributed by atoms with van der Waals surface area (Å²) < 4.78 is 12.5. The van der Waals surface area contributed by atoms with Crippen LogP contribution in [0.5, 0.6) is 0 Å². The molecule has 0 aromatic heterocycles. The summed E-state index contributed by atoms with van der Waals surface area (Å²) in [4.78, 5) is 16.4. The van der Waals surface area contributed by atoms with Gasteiger partial charge in [-0.05, 0) is 82.8 Å². The van der Waals surface area contributed by atoms with Crippen molar-refractivity contribution in [2.24, 2.45) is 22.7 Å². The lowest BCUT2D eigenvalue weighted by Crippen LogP contribution is -2.50. The van der Waals surface area contributed by atoms with Crippen LogP contribution in [0.25, 0.3) is 0 Å². The number of carbonyl (C=O) groups excluding carboxylic acids is 1. The number of amidine groups is 1. The van der Waals surface area contributed by atoms with E-state index in [4.69, 9.17) is 14.9 Å². The largest absolute Gasteiger partial charge is 0.512 e. The van der Waals surface area contributed by atoms with E-state index in [0.717, 1.165) is 49.7 Å². The van der Waals surface area contributed by atoms with Gasteiger partial charge in [-0.1, -0.05) is 50.6 Å². The van der Waals surface area contributed by atoms with Crippen LogP contribution in [0.1, 0.15) is 86.5 Å². The van der Waals surface area contributed by atoms with Gasteiger partial charge in [-0.15, -0.1) is 0 Å². The van der Waals surface area contributed by atoms with Crippen LogP contribution in [-0.4, -0.2) is 64.7 Å². The molecule has 2 saturated heterocycles. The fourth-order valence-electron chi connectivity index (χ4n) is 5.67. The summed E-state index contributed by atoms with van der Waals surface area (Å²) in [6.07, 6.45) is 15.7. The number of carbonyl (C=O) groups is 1. The Kier molecular flexibility index (Phi) is 12.6. The van der Waals surface area contributed by atoms with Crippen molar-refractivity contribution in [3.05, 3.63) is 47.3 Å². The fourth-order valence-corrected chi connectivity index (χ4v) is 5.67. The number of ether oxygens (including phenoxy) is 2. The molecule has 0 spiro atoms. The van der Waals surface area contributed by atoms with Crippen molar-refractivity contribution in [1.29, 1.82) is 5.41 Å². The molecule has 9 atom stereocenters.